The second kappa shape index (κ2) is 10.0. The maximum Gasteiger partial charge on any atom is 0.225 e. The number of carbonyl (C=O) groups is 1. The van der Waals surface area contributed by atoms with Crippen molar-refractivity contribution in [3.05, 3.63) is 84.4 Å². The molecular weight excluding hydrogens is 395 g/mol. The van der Waals surface area contributed by atoms with E-state index >= 15 is 0 Å². The van der Waals surface area contributed by atoms with Crippen LogP contribution in [0.15, 0.2) is 73.1 Å². The molecule has 1 aromatic heterocycles. The monoisotopic (exact) mass is 420 g/mol. The van der Waals surface area contributed by atoms with Crippen LogP contribution in [0.4, 0.5) is 10.3 Å². The highest BCUT2D eigenvalue weighted by Gasteiger charge is 2.29. The zero-order valence-corrected chi connectivity index (χ0v) is 17.2. The van der Waals surface area contributed by atoms with Crippen LogP contribution in [0.2, 0.25) is 0 Å². The van der Waals surface area contributed by atoms with Crippen LogP contribution in [-0.4, -0.2) is 35.6 Å². The summed E-state index contributed by atoms with van der Waals surface area (Å²) in [5.41, 5.74) is 0.909. The van der Waals surface area contributed by atoms with Gasteiger partial charge in [-0.1, -0.05) is 42.5 Å². The Hall–Kier alpha value is -3.48. The van der Waals surface area contributed by atoms with Crippen molar-refractivity contribution in [2.45, 2.75) is 18.9 Å². The first-order valence-electron chi connectivity index (χ1n) is 10.5. The third-order valence-electron chi connectivity index (χ3n) is 5.39. The summed E-state index contributed by atoms with van der Waals surface area (Å²) >= 11 is 0. The van der Waals surface area contributed by atoms with Crippen LogP contribution in [0.5, 0.6) is 5.75 Å². The van der Waals surface area contributed by atoms with Crippen LogP contribution in [0.3, 0.4) is 0 Å². The molecule has 4 rings (SSSR count). The van der Waals surface area contributed by atoms with E-state index in [1.54, 1.807) is 36.7 Å². The first-order chi connectivity index (χ1) is 15.2. The second-order valence-electron chi connectivity index (χ2n) is 7.55. The van der Waals surface area contributed by atoms with E-state index in [0.717, 1.165) is 24.9 Å². The van der Waals surface area contributed by atoms with Crippen molar-refractivity contribution in [2.75, 3.05) is 24.6 Å². The fourth-order valence-electron chi connectivity index (χ4n) is 3.76. The average molecular weight is 420 g/mol. The Labute approximate surface area is 181 Å². The number of nitrogens with zero attached hydrogens (tertiary/aromatic N) is 3. The van der Waals surface area contributed by atoms with E-state index in [9.17, 15) is 9.18 Å². The predicted octanol–water partition coefficient (Wildman–Crippen LogP) is 3.77. The van der Waals surface area contributed by atoms with Gasteiger partial charge >= 0.3 is 0 Å². The van der Waals surface area contributed by atoms with Gasteiger partial charge in [0.2, 0.25) is 11.9 Å². The van der Waals surface area contributed by atoms with Crippen LogP contribution in [0.1, 0.15) is 24.4 Å². The standard InChI is InChI=1S/C24H25FN4O2/c25-20-11-4-5-12-22(20)31-17-21(18-8-2-1-3-9-18)28-23(30)19-10-6-15-29(16-19)24-26-13-7-14-27-24/h1-5,7-9,11-14,19,21H,6,10,15-17H2,(H,28,30). The predicted molar refractivity (Wildman–Crippen MR) is 116 cm³/mol. The van der Waals surface area contributed by atoms with E-state index in [4.69, 9.17) is 4.74 Å². The van der Waals surface area contributed by atoms with Crippen molar-refractivity contribution in [3.8, 4) is 5.75 Å². The number of halogens is 1. The van der Waals surface area contributed by atoms with Crippen molar-refractivity contribution in [1.82, 2.24) is 15.3 Å². The molecule has 2 heterocycles. The van der Waals surface area contributed by atoms with Gasteiger partial charge in [-0.15, -0.1) is 0 Å². The number of hydrogen-bond donors (Lipinski definition) is 1. The van der Waals surface area contributed by atoms with Gasteiger partial charge in [-0.05, 0) is 36.6 Å². The molecule has 3 aromatic rings. The van der Waals surface area contributed by atoms with Gasteiger partial charge in [0.1, 0.15) is 6.61 Å². The van der Waals surface area contributed by atoms with Crippen LogP contribution >= 0.6 is 0 Å². The lowest BCUT2D eigenvalue weighted by molar-refractivity contribution is -0.126. The summed E-state index contributed by atoms with van der Waals surface area (Å²) in [5.74, 6) is 0.153. The molecule has 1 saturated heterocycles. The lowest BCUT2D eigenvalue weighted by Crippen LogP contribution is -2.45. The van der Waals surface area contributed by atoms with E-state index in [2.05, 4.69) is 15.3 Å². The topological polar surface area (TPSA) is 67.3 Å². The number of hydrogen-bond acceptors (Lipinski definition) is 5. The third kappa shape index (κ3) is 5.36. The van der Waals surface area contributed by atoms with Gasteiger partial charge in [0.25, 0.3) is 0 Å². The van der Waals surface area contributed by atoms with E-state index in [-0.39, 0.29) is 24.2 Å². The zero-order valence-electron chi connectivity index (χ0n) is 17.2. The average Bonchev–Trinajstić information content (AvgIpc) is 2.84. The number of carbonyl (C=O) groups excluding carboxylic acids is 1. The molecule has 2 unspecified atom stereocenters. The summed E-state index contributed by atoms with van der Waals surface area (Å²) < 4.78 is 19.7. The van der Waals surface area contributed by atoms with Crippen molar-refractivity contribution in [3.63, 3.8) is 0 Å². The van der Waals surface area contributed by atoms with Gasteiger partial charge in [-0.25, -0.2) is 14.4 Å². The zero-order chi connectivity index (χ0) is 21.5. The Kier molecular flexibility index (Phi) is 6.72. The molecule has 1 fully saturated rings. The van der Waals surface area contributed by atoms with Gasteiger partial charge in [0.15, 0.2) is 11.6 Å². The first kappa shape index (κ1) is 20.8. The van der Waals surface area contributed by atoms with Gasteiger partial charge in [-0.3, -0.25) is 4.79 Å². The number of para-hydroxylation sites is 1. The minimum atomic E-state index is -0.425. The maximum atomic E-state index is 14.0. The number of aromatic nitrogens is 2. The van der Waals surface area contributed by atoms with Crippen LogP contribution in [0, 0.1) is 11.7 Å². The Morgan fingerprint density at radius 2 is 1.84 bits per heavy atom. The number of ether oxygens (including phenoxy) is 1. The fourth-order valence-corrected chi connectivity index (χ4v) is 3.76. The number of piperidine rings is 1. The molecule has 31 heavy (non-hydrogen) atoms. The SMILES string of the molecule is O=C(NC(COc1ccccc1F)c1ccccc1)C1CCCN(c2ncccn2)C1. The largest absolute Gasteiger partial charge is 0.488 e. The van der Waals surface area contributed by atoms with Crippen molar-refractivity contribution in [2.24, 2.45) is 5.92 Å². The van der Waals surface area contributed by atoms with Crippen molar-refractivity contribution >= 4 is 11.9 Å². The summed E-state index contributed by atoms with van der Waals surface area (Å²) in [5, 5.41) is 3.11. The molecule has 1 amide bonds. The highest BCUT2D eigenvalue weighted by Crippen LogP contribution is 2.23. The quantitative estimate of drug-likeness (QED) is 0.630. The number of nitrogens with one attached hydrogen (secondary N) is 1. The highest BCUT2D eigenvalue weighted by molar-refractivity contribution is 5.80. The molecular formula is C24H25FN4O2. The fraction of sp³-hybridized carbons (Fsp3) is 0.292. The van der Waals surface area contributed by atoms with E-state index in [0.29, 0.717) is 12.5 Å². The van der Waals surface area contributed by atoms with Gasteiger partial charge in [-0.2, -0.15) is 0 Å². The number of amides is 1. The molecule has 2 aromatic carbocycles. The molecule has 0 saturated carbocycles. The van der Waals surface area contributed by atoms with E-state index in [1.165, 1.54) is 6.07 Å². The summed E-state index contributed by atoms with van der Waals surface area (Å²) in [4.78, 5) is 23.8. The van der Waals surface area contributed by atoms with Gasteiger partial charge < -0.3 is 15.0 Å². The Bertz CT molecular complexity index is 987. The molecule has 2 atom stereocenters. The minimum Gasteiger partial charge on any atom is -0.488 e. The molecule has 160 valence electrons. The smallest absolute Gasteiger partial charge is 0.225 e. The number of benzene rings is 2. The molecule has 0 bridgehead atoms. The normalized spacial score (nSPS) is 17.1. The minimum absolute atomic E-state index is 0.0494. The van der Waals surface area contributed by atoms with E-state index in [1.807, 2.05) is 35.2 Å². The van der Waals surface area contributed by atoms with Crippen molar-refractivity contribution < 1.29 is 13.9 Å². The molecule has 6 nitrogen and oxygen atoms in total. The Morgan fingerprint density at radius 3 is 2.61 bits per heavy atom. The summed E-state index contributed by atoms with van der Waals surface area (Å²) in [6, 6.07) is 17.3. The molecule has 1 aliphatic heterocycles. The Balaban J connectivity index is 1.44. The first-order valence-corrected chi connectivity index (χ1v) is 10.5. The summed E-state index contributed by atoms with van der Waals surface area (Å²) in [6.07, 6.45) is 5.10. The van der Waals surface area contributed by atoms with E-state index < -0.39 is 11.9 Å². The third-order valence-corrected chi connectivity index (χ3v) is 5.39. The number of rotatable bonds is 7. The lowest BCUT2D eigenvalue weighted by atomic mass is 9.96. The van der Waals surface area contributed by atoms with Crippen molar-refractivity contribution in [1.29, 1.82) is 0 Å². The Morgan fingerprint density at radius 1 is 1.10 bits per heavy atom. The van der Waals surface area contributed by atoms with Gasteiger partial charge in [0, 0.05) is 25.5 Å². The number of anilines is 1. The summed E-state index contributed by atoms with van der Waals surface area (Å²) in [7, 11) is 0. The highest BCUT2D eigenvalue weighted by atomic mass is 19.1. The van der Waals surface area contributed by atoms with Crippen LogP contribution < -0.4 is 15.0 Å². The molecule has 0 aliphatic carbocycles. The lowest BCUT2D eigenvalue weighted by Gasteiger charge is -2.33. The van der Waals surface area contributed by atoms with Crippen LogP contribution in [-0.2, 0) is 4.79 Å². The molecule has 0 spiro atoms. The molecule has 1 aliphatic rings. The summed E-state index contributed by atoms with van der Waals surface area (Å²) in [6.45, 7) is 1.52. The van der Waals surface area contributed by atoms with Gasteiger partial charge in [0.05, 0.1) is 12.0 Å². The maximum absolute atomic E-state index is 14.0. The second-order valence-corrected chi connectivity index (χ2v) is 7.55. The van der Waals surface area contributed by atoms with Crippen LogP contribution in [0.25, 0.3) is 0 Å². The molecule has 1 N–H and O–H groups in total. The molecule has 7 heteroatoms. The molecule has 0 radical (unpaired) electrons.